The molecule has 0 unspecified atom stereocenters. The van der Waals surface area contributed by atoms with E-state index in [1.54, 1.807) is 62.8 Å². The van der Waals surface area contributed by atoms with Crippen molar-refractivity contribution in [2.75, 3.05) is 53.5 Å². The normalized spacial score (nSPS) is 15.5. The van der Waals surface area contributed by atoms with Gasteiger partial charge in [0.25, 0.3) is 5.91 Å². The molecule has 0 aromatic heterocycles. The summed E-state index contributed by atoms with van der Waals surface area (Å²) in [6.45, 7) is 3.21. The minimum Gasteiger partial charge on any atom is -0.497 e. The van der Waals surface area contributed by atoms with Crippen molar-refractivity contribution in [1.29, 1.82) is 0 Å². The second kappa shape index (κ2) is 9.92. The summed E-state index contributed by atoms with van der Waals surface area (Å²) >= 11 is 0. The van der Waals surface area contributed by atoms with Crippen LogP contribution in [0.25, 0.3) is 0 Å². The summed E-state index contributed by atoms with van der Waals surface area (Å²) in [7, 11) is -0.413. The van der Waals surface area contributed by atoms with Crippen LogP contribution < -0.4 is 14.8 Å². The Labute approximate surface area is 177 Å². The van der Waals surface area contributed by atoms with E-state index in [1.807, 2.05) is 0 Å². The summed E-state index contributed by atoms with van der Waals surface area (Å²) in [5.74, 6) is 1.10. The smallest absolute Gasteiger partial charge is 0.251 e. The Kier molecular flexibility index (Phi) is 7.30. The number of nitrogens with zero attached hydrogens (tertiary/aromatic N) is 2. The molecular formula is C21H27N3O5S. The number of amides is 1. The number of benzene rings is 2. The maximum absolute atomic E-state index is 12.8. The Hall–Kier alpha value is -2.62. The van der Waals surface area contributed by atoms with Crippen LogP contribution in [-0.4, -0.2) is 77.0 Å². The molecule has 1 heterocycles. The van der Waals surface area contributed by atoms with Gasteiger partial charge in [-0.3, -0.25) is 9.69 Å². The molecule has 2 aromatic carbocycles. The summed E-state index contributed by atoms with van der Waals surface area (Å²) < 4.78 is 37.3. The number of hydrogen-bond donors (Lipinski definition) is 1. The standard InChI is InChI=1S/C21H27N3O5S/c1-28-18-6-8-20(9-7-18)30(26,27)24-14-12-23(13-15-24)11-10-22-21(25)17-4-3-5-19(16-17)29-2/h3-9,16H,10-15H2,1-2H3,(H,22,25). The van der Waals surface area contributed by atoms with Crippen molar-refractivity contribution < 1.29 is 22.7 Å². The summed E-state index contributed by atoms with van der Waals surface area (Å²) in [6.07, 6.45) is 0. The summed E-state index contributed by atoms with van der Waals surface area (Å²) in [4.78, 5) is 14.7. The molecule has 8 nitrogen and oxygen atoms in total. The number of carbonyl (C=O) groups excluding carboxylic acids is 1. The molecule has 1 N–H and O–H groups in total. The number of ether oxygens (including phenoxy) is 2. The lowest BCUT2D eigenvalue weighted by Crippen LogP contribution is -2.50. The minimum atomic E-state index is -3.52. The van der Waals surface area contributed by atoms with Gasteiger partial charge < -0.3 is 14.8 Å². The molecule has 1 fully saturated rings. The Bertz CT molecular complexity index is 955. The average molecular weight is 434 g/mol. The highest BCUT2D eigenvalue weighted by atomic mass is 32.2. The fourth-order valence-electron chi connectivity index (χ4n) is 3.28. The van der Waals surface area contributed by atoms with Crippen LogP contribution in [0.2, 0.25) is 0 Å². The summed E-state index contributed by atoms with van der Waals surface area (Å²) in [6, 6.07) is 13.4. The van der Waals surface area contributed by atoms with E-state index < -0.39 is 10.0 Å². The van der Waals surface area contributed by atoms with Crippen molar-refractivity contribution in [3.8, 4) is 11.5 Å². The van der Waals surface area contributed by atoms with Crippen LogP contribution in [-0.2, 0) is 10.0 Å². The number of methoxy groups -OCH3 is 2. The third-order valence-electron chi connectivity index (χ3n) is 5.07. The van der Waals surface area contributed by atoms with Gasteiger partial charge in [0.05, 0.1) is 19.1 Å². The Morgan fingerprint density at radius 1 is 0.967 bits per heavy atom. The number of nitrogens with one attached hydrogen (secondary N) is 1. The molecule has 0 atom stereocenters. The van der Waals surface area contributed by atoms with Gasteiger partial charge in [-0.1, -0.05) is 6.07 Å². The highest BCUT2D eigenvalue weighted by Crippen LogP contribution is 2.20. The Morgan fingerprint density at radius 3 is 2.27 bits per heavy atom. The van der Waals surface area contributed by atoms with E-state index in [0.29, 0.717) is 56.3 Å². The molecule has 30 heavy (non-hydrogen) atoms. The predicted octanol–water partition coefficient (Wildman–Crippen LogP) is 1.44. The fourth-order valence-corrected chi connectivity index (χ4v) is 4.71. The Balaban J connectivity index is 1.46. The second-order valence-electron chi connectivity index (χ2n) is 6.91. The zero-order chi connectivity index (χ0) is 21.6. The quantitative estimate of drug-likeness (QED) is 0.678. The van der Waals surface area contributed by atoms with Crippen LogP contribution in [0.3, 0.4) is 0 Å². The first-order valence-electron chi connectivity index (χ1n) is 9.73. The highest BCUT2D eigenvalue weighted by Gasteiger charge is 2.28. The average Bonchev–Trinajstić information content (AvgIpc) is 2.79. The van der Waals surface area contributed by atoms with Crippen molar-refractivity contribution >= 4 is 15.9 Å². The molecular weight excluding hydrogens is 406 g/mol. The van der Waals surface area contributed by atoms with E-state index in [1.165, 1.54) is 4.31 Å². The van der Waals surface area contributed by atoms with Gasteiger partial charge >= 0.3 is 0 Å². The van der Waals surface area contributed by atoms with Crippen LogP contribution in [0.5, 0.6) is 11.5 Å². The van der Waals surface area contributed by atoms with Crippen LogP contribution >= 0.6 is 0 Å². The van der Waals surface area contributed by atoms with Gasteiger partial charge in [-0.05, 0) is 42.5 Å². The molecule has 1 saturated heterocycles. The van der Waals surface area contributed by atoms with Crippen LogP contribution in [0, 0.1) is 0 Å². The van der Waals surface area contributed by atoms with Gasteiger partial charge in [0, 0.05) is 44.8 Å². The number of hydrogen-bond acceptors (Lipinski definition) is 6. The molecule has 3 rings (SSSR count). The van der Waals surface area contributed by atoms with Gasteiger partial charge in [-0.15, -0.1) is 0 Å². The molecule has 0 bridgehead atoms. The van der Waals surface area contributed by atoms with Crippen LogP contribution in [0.4, 0.5) is 0 Å². The van der Waals surface area contributed by atoms with Crippen molar-refractivity contribution in [2.24, 2.45) is 0 Å². The molecule has 2 aromatic rings. The van der Waals surface area contributed by atoms with Gasteiger partial charge in [-0.2, -0.15) is 4.31 Å². The second-order valence-corrected chi connectivity index (χ2v) is 8.85. The topological polar surface area (TPSA) is 88.2 Å². The third kappa shape index (κ3) is 5.29. The number of rotatable bonds is 8. The zero-order valence-electron chi connectivity index (χ0n) is 17.2. The Morgan fingerprint density at radius 2 is 1.63 bits per heavy atom. The molecule has 0 aliphatic carbocycles. The molecule has 0 saturated carbocycles. The first-order chi connectivity index (χ1) is 14.4. The summed E-state index contributed by atoms with van der Waals surface area (Å²) in [5.41, 5.74) is 0.546. The van der Waals surface area contributed by atoms with E-state index in [-0.39, 0.29) is 10.8 Å². The monoisotopic (exact) mass is 433 g/mol. The van der Waals surface area contributed by atoms with E-state index >= 15 is 0 Å². The largest absolute Gasteiger partial charge is 0.497 e. The van der Waals surface area contributed by atoms with E-state index in [4.69, 9.17) is 9.47 Å². The lowest BCUT2D eigenvalue weighted by molar-refractivity contribution is 0.0944. The molecule has 162 valence electrons. The fraction of sp³-hybridized carbons (Fsp3) is 0.381. The predicted molar refractivity (Wildman–Crippen MR) is 114 cm³/mol. The molecule has 0 radical (unpaired) electrons. The number of sulfonamides is 1. The van der Waals surface area contributed by atoms with E-state index in [9.17, 15) is 13.2 Å². The maximum atomic E-state index is 12.8. The maximum Gasteiger partial charge on any atom is 0.251 e. The van der Waals surface area contributed by atoms with Crippen molar-refractivity contribution in [1.82, 2.24) is 14.5 Å². The zero-order valence-corrected chi connectivity index (χ0v) is 18.0. The lowest BCUT2D eigenvalue weighted by atomic mass is 10.2. The van der Waals surface area contributed by atoms with Crippen molar-refractivity contribution in [2.45, 2.75) is 4.90 Å². The first kappa shape index (κ1) is 22.1. The van der Waals surface area contributed by atoms with Crippen molar-refractivity contribution in [3.05, 3.63) is 54.1 Å². The van der Waals surface area contributed by atoms with Crippen LogP contribution in [0.1, 0.15) is 10.4 Å². The molecule has 9 heteroatoms. The van der Waals surface area contributed by atoms with Gasteiger partial charge in [0.2, 0.25) is 10.0 Å². The SMILES string of the molecule is COc1ccc(S(=O)(=O)N2CCN(CCNC(=O)c3cccc(OC)c3)CC2)cc1. The van der Waals surface area contributed by atoms with Crippen LogP contribution in [0.15, 0.2) is 53.4 Å². The molecule has 0 spiro atoms. The van der Waals surface area contributed by atoms with Gasteiger partial charge in [0.1, 0.15) is 11.5 Å². The van der Waals surface area contributed by atoms with E-state index in [2.05, 4.69) is 10.2 Å². The third-order valence-corrected chi connectivity index (χ3v) is 6.99. The molecule has 1 aliphatic heterocycles. The van der Waals surface area contributed by atoms with Gasteiger partial charge in [0.15, 0.2) is 0 Å². The number of piperazine rings is 1. The van der Waals surface area contributed by atoms with Gasteiger partial charge in [-0.25, -0.2) is 8.42 Å². The van der Waals surface area contributed by atoms with Crippen molar-refractivity contribution in [3.63, 3.8) is 0 Å². The number of carbonyl (C=O) groups is 1. The molecule has 1 aliphatic rings. The summed E-state index contributed by atoms with van der Waals surface area (Å²) in [5, 5.41) is 2.90. The lowest BCUT2D eigenvalue weighted by Gasteiger charge is -2.34. The first-order valence-corrected chi connectivity index (χ1v) is 11.2. The van der Waals surface area contributed by atoms with E-state index in [0.717, 1.165) is 0 Å². The highest BCUT2D eigenvalue weighted by molar-refractivity contribution is 7.89. The minimum absolute atomic E-state index is 0.158. The molecule has 1 amide bonds.